The molecule has 6 heteroatoms. The van der Waals surface area contributed by atoms with Crippen molar-refractivity contribution in [3.63, 3.8) is 0 Å². The summed E-state index contributed by atoms with van der Waals surface area (Å²) in [7, 11) is 1.58. The molecule has 0 aromatic heterocycles. The molecule has 0 unspecified atom stereocenters. The molecule has 1 aromatic carbocycles. The third-order valence-corrected chi connectivity index (χ3v) is 4.07. The zero-order chi connectivity index (χ0) is 18.3. The van der Waals surface area contributed by atoms with Crippen LogP contribution in [0.5, 0.6) is 5.75 Å². The Bertz CT molecular complexity index is 570. The quantitative estimate of drug-likeness (QED) is 0.635. The second-order valence-corrected chi connectivity index (χ2v) is 7.21. The van der Waals surface area contributed by atoms with Crippen molar-refractivity contribution in [3.05, 3.63) is 40.9 Å². The van der Waals surface area contributed by atoms with Gasteiger partial charge in [0.05, 0.1) is 23.2 Å². The van der Waals surface area contributed by atoms with Crippen LogP contribution in [0.15, 0.2) is 30.9 Å². The van der Waals surface area contributed by atoms with Crippen LogP contribution in [0, 0.1) is 0 Å². The first-order valence-electron chi connectivity index (χ1n) is 7.79. The molecule has 0 spiro atoms. The number of halogens is 2. The second kappa shape index (κ2) is 9.19. The molecule has 24 heavy (non-hydrogen) atoms. The van der Waals surface area contributed by atoms with E-state index in [4.69, 9.17) is 32.7 Å². The van der Waals surface area contributed by atoms with Gasteiger partial charge in [-0.25, -0.2) is 4.79 Å². The minimum absolute atomic E-state index is 0.157. The minimum Gasteiger partial charge on any atom is -0.497 e. The van der Waals surface area contributed by atoms with Crippen molar-refractivity contribution in [2.75, 3.05) is 13.7 Å². The van der Waals surface area contributed by atoms with Gasteiger partial charge in [-0.2, -0.15) is 0 Å². The first kappa shape index (κ1) is 20.7. The molecule has 0 radical (unpaired) electrons. The van der Waals surface area contributed by atoms with Gasteiger partial charge in [0.2, 0.25) is 0 Å². The number of amides is 1. The number of rotatable bonds is 2. The van der Waals surface area contributed by atoms with E-state index < -0.39 is 5.60 Å². The average molecular weight is 374 g/mol. The summed E-state index contributed by atoms with van der Waals surface area (Å²) in [5.74, 6) is 0.717. The van der Waals surface area contributed by atoms with Gasteiger partial charge < -0.3 is 14.4 Å². The lowest BCUT2D eigenvalue weighted by atomic mass is 10.2. The zero-order valence-corrected chi connectivity index (χ0v) is 16.2. The van der Waals surface area contributed by atoms with E-state index in [-0.39, 0.29) is 12.1 Å². The van der Waals surface area contributed by atoms with Gasteiger partial charge >= 0.3 is 6.09 Å². The first-order chi connectivity index (χ1) is 11.2. The van der Waals surface area contributed by atoms with Crippen molar-refractivity contribution in [1.29, 1.82) is 0 Å². The Labute approximate surface area is 154 Å². The van der Waals surface area contributed by atoms with Crippen LogP contribution in [0.3, 0.4) is 0 Å². The van der Waals surface area contributed by atoms with Crippen molar-refractivity contribution in [2.45, 2.75) is 45.3 Å². The zero-order valence-electron chi connectivity index (χ0n) is 14.6. The van der Waals surface area contributed by atoms with Gasteiger partial charge in [0, 0.05) is 12.6 Å². The monoisotopic (exact) mass is 373 g/mol. The van der Waals surface area contributed by atoms with Crippen LogP contribution < -0.4 is 4.74 Å². The number of nitrogens with zero attached hydrogens (tertiary/aromatic N) is 1. The molecule has 1 amide bonds. The topological polar surface area (TPSA) is 38.8 Å². The summed E-state index contributed by atoms with van der Waals surface area (Å²) in [5.41, 5.74) is -0.411. The number of likely N-dealkylation sites (tertiary alicyclic amines) is 1. The summed E-state index contributed by atoms with van der Waals surface area (Å²) in [5, 5.41) is 1.06. The molecule has 1 saturated heterocycles. The Morgan fingerprint density at radius 2 is 2.00 bits per heavy atom. The van der Waals surface area contributed by atoms with Crippen LogP contribution in [-0.2, 0) is 4.74 Å². The van der Waals surface area contributed by atoms with Gasteiger partial charge in [-0.1, -0.05) is 29.3 Å². The summed E-state index contributed by atoms with van der Waals surface area (Å²) in [6, 6.07) is 5.28. The molecule has 1 aromatic rings. The molecule has 1 atom stereocenters. The fraction of sp³-hybridized carbons (Fsp3) is 0.500. The van der Waals surface area contributed by atoms with E-state index in [2.05, 4.69) is 6.58 Å². The minimum atomic E-state index is -0.411. The number of ether oxygens (including phenoxy) is 2. The van der Waals surface area contributed by atoms with Crippen molar-refractivity contribution in [3.8, 4) is 5.75 Å². The molecule has 0 saturated carbocycles. The predicted octanol–water partition coefficient (Wildman–Crippen LogP) is 5.57. The number of hydrogen-bond donors (Lipinski definition) is 0. The fourth-order valence-electron chi connectivity index (χ4n) is 2.19. The molecule has 2 rings (SSSR count). The van der Waals surface area contributed by atoms with Crippen LogP contribution in [0.1, 0.15) is 33.6 Å². The highest BCUT2D eigenvalue weighted by atomic mass is 35.5. The van der Waals surface area contributed by atoms with Gasteiger partial charge in [-0.15, -0.1) is 6.58 Å². The summed E-state index contributed by atoms with van der Waals surface area (Å²) in [4.78, 5) is 13.4. The highest BCUT2D eigenvalue weighted by Gasteiger charge is 2.30. The Morgan fingerprint density at radius 3 is 2.50 bits per heavy atom. The van der Waals surface area contributed by atoms with Gasteiger partial charge in [0.25, 0.3) is 0 Å². The van der Waals surface area contributed by atoms with Crippen LogP contribution >= 0.6 is 23.2 Å². The third kappa shape index (κ3) is 6.62. The number of benzene rings is 1. The van der Waals surface area contributed by atoms with Gasteiger partial charge in [0.1, 0.15) is 11.4 Å². The van der Waals surface area contributed by atoms with E-state index in [0.29, 0.717) is 10.0 Å². The maximum atomic E-state index is 11.7. The Hall–Kier alpha value is -1.39. The smallest absolute Gasteiger partial charge is 0.410 e. The van der Waals surface area contributed by atoms with E-state index in [9.17, 15) is 4.79 Å². The van der Waals surface area contributed by atoms with Gasteiger partial charge in [-0.05, 0) is 45.7 Å². The van der Waals surface area contributed by atoms with Crippen LogP contribution in [0.4, 0.5) is 4.79 Å². The molecular weight excluding hydrogens is 349 g/mol. The molecule has 1 aliphatic heterocycles. The lowest BCUT2D eigenvalue weighted by Gasteiger charge is -2.27. The van der Waals surface area contributed by atoms with E-state index in [1.54, 1.807) is 30.2 Å². The van der Waals surface area contributed by atoms with Crippen molar-refractivity contribution < 1.29 is 14.3 Å². The van der Waals surface area contributed by atoms with E-state index in [0.717, 1.165) is 25.1 Å². The number of hydrogen-bond acceptors (Lipinski definition) is 3. The van der Waals surface area contributed by atoms with E-state index in [1.165, 1.54) is 0 Å². The van der Waals surface area contributed by atoms with E-state index >= 15 is 0 Å². The maximum absolute atomic E-state index is 11.7. The van der Waals surface area contributed by atoms with Gasteiger partial charge in [0.15, 0.2) is 0 Å². The van der Waals surface area contributed by atoms with Crippen molar-refractivity contribution in [2.24, 2.45) is 0 Å². The van der Waals surface area contributed by atoms with Gasteiger partial charge in [-0.3, -0.25) is 0 Å². The predicted molar refractivity (Wildman–Crippen MR) is 99.2 cm³/mol. The second-order valence-electron chi connectivity index (χ2n) is 6.40. The Balaban J connectivity index is 0.000000254. The van der Waals surface area contributed by atoms with Crippen molar-refractivity contribution >= 4 is 29.3 Å². The summed E-state index contributed by atoms with van der Waals surface area (Å²) in [6.07, 6.45) is 3.63. The molecule has 0 bridgehead atoms. The molecule has 1 aliphatic rings. The van der Waals surface area contributed by atoms with E-state index in [1.807, 2.05) is 26.8 Å². The highest BCUT2D eigenvalue weighted by molar-refractivity contribution is 6.42. The van der Waals surface area contributed by atoms with Crippen LogP contribution in [0.2, 0.25) is 10.0 Å². The SMILES string of the molecule is C=C[C@@H]1CCCN1C(=O)OC(C)(C)C.COc1ccc(Cl)c(Cl)c1. The van der Waals surface area contributed by atoms with Crippen LogP contribution in [0.25, 0.3) is 0 Å². The lowest BCUT2D eigenvalue weighted by molar-refractivity contribution is 0.0256. The third-order valence-electron chi connectivity index (χ3n) is 3.33. The Morgan fingerprint density at radius 1 is 1.33 bits per heavy atom. The maximum Gasteiger partial charge on any atom is 0.410 e. The van der Waals surface area contributed by atoms with Crippen LogP contribution in [-0.4, -0.2) is 36.3 Å². The summed E-state index contributed by atoms with van der Waals surface area (Å²) >= 11 is 11.3. The van der Waals surface area contributed by atoms with Crippen molar-refractivity contribution in [1.82, 2.24) is 4.90 Å². The standard InChI is InChI=1S/C11H19NO2.C7H6Cl2O/c1-5-9-7-6-8-12(9)10(13)14-11(2,3)4;1-10-5-2-3-6(8)7(9)4-5/h5,9H,1,6-8H2,2-4H3;2-4H,1H3/t9-;/m1./s1. The molecule has 1 fully saturated rings. The number of carbonyl (C=O) groups is 1. The Kier molecular flexibility index (Phi) is 7.91. The normalized spacial score (nSPS) is 16.9. The molecular formula is C18H25Cl2NO3. The highest BCUT2D eigenvalue weighted by Crippen LogP contribution is 2.25. The molecule has 0 aliphatic carbocycles. The number of carbonyl (C=O) groups excluding carboxylic acids is 1. The molecule has 0 N–H and O–H groups in total. The number of methoxy groups -OCH3 is 1. The summed E-state index contributed by atoms with van der Waals surface area (Å²) in [6.45, 7) is 10.1. The molecule has 4 nitrogen and oxygen atoms in total. The summed E-state index contributed by atoms with van der Waals surface area (Å²) < 4.78 is 10.2. The molecule has 134 valence electrons. The average Bonchev–Trinajstić information content (AvgIpc) is 2.98. The largest absolute Gasteiger partial charge is 0.497 e. The lowest BCUT2D eigenvalue weighted by Crippen LogP contribution is -2.38. The fourth-order valence-corrected chi connectivity index (χ4v) is 2.48. The first-order valence-corrected chi connectivity index (χ1v) is 8.54. The molecule has 1 heterocycles.